The van der Waals surface area contributed by atoms with Gasteiger partial charge in [0.05, 0.1) is 0 Å². The number of urea groups is 1. The highest BCUT2D eigenvalue weighted by Gasteiger charge is 2.19. The van der Waals surface area contributed by atoms with Crippen molar-refractivity contribution < 1.29 is 4.79 Å². The topological polar surface area (TPSA) is 50.9 Å². The van der Waals surface area contributed by atoms with Crippen LogP contribution in [0.1, 0.15) is 40.7 Å². The van der Waals surface area contributed by atoms with E-state index in [1.165, 1.54) is 16.7 Å². The van der Waals surface area contributed by atoms with Crippen LogP contribution in [0.25, 0.3) is 0 Å². The first-order valence-electron chi connectivity index (χ1n) is 14.8. The third kappa shape index (κ3) is 9.47. The maximum absolute atomic E-state index is 13.7. The zero-order valence-electron chi connectivity index (χ0n) is 24.7. The molecule has 3 aromatic carbocycles. The van der Waals surface area contributed by atoms with Gasteiger partial charge < -0.3 is 15.5 Å². The molecule has 3 aromatic rings. The Bertz CT molecular complexity index is 1160. The third-order valence-corrected chi connectivity index (χ3v) is 7.72. The SMILES string of the molecule is Cc1cc(C)c(NC(=O)N2CCCN(Cc3ccccc3)CCNCCCN(Cc3ccccc3)CC2)c(C)c1. The van der Waals surface area contributed by atoms with Crippen molar-refractivity contribution in [2.45, 2.75) is 46.7 Å². The van der Waals surface area contributed by atoms with E-state index >= 15 is 0 Å². The van der Waals surface area contributed by atoms with Crippen LogP contribution in [-0.2, 0) is 13.1 Å². The van der Waals surface area contributed by atoms with Gasteiger partial charge in [-0.15, -0.1) is 0 Å². The van der Waals surface area contributed by atoms with Gasteiger partial charge >= 0.3 is 6.03 Å². The molecule has 0 aromatic heterocycles. The average Bonchev–Trinajstić information content (AvgIpc) is 2.94. The van der Waals surface area contributed by atoms with Crippen LogP contribution in [0.5, 0.6) is 0 Å². The quantitative estimate of drug-likeness (QED) is 0.427. The zero-order chi connectivity index (χ0) is 28.2. The molecule has 0 atom stereocenters. The number of nitrogens with one attached hydrogen (secondary N) is 2. The fourth-order valence-electron chi connectivity index (χ4n) is 5.64. The molecule has 1 heterocycles. The molecule has 1 fully saturated rings. The van der Waals surface area contributed by atoms with Crippen molar-refractivity contribution in [2.75, 3.05) is 57.7 Å². The Morgan fingerprint density at radius 3 is 1.90 bits per heavy atom. The molecular weight excluding hydrogens is 494 g/mol. The predicted molar refractivity (Wildman–Crippen MR) is 167 cm³/mol. The molecule has 0 radical (unpaired) electrons. The maximum atomic E-state index is 13.7. The van der Waals surface area contributed by atoms with Crippen LogP contribution in [0.3, 0.4) is 0 Å². The van der Waals surface area contributed by atoms with Gasteiger partial charge in [-0.05, 0) is 69.0 Å². The number of carbonyl (C=O) groups is 1. The fourth-order valence-corrected chi connectivity index (χ4v) is 5.64. The Hall–Kier alpha value is -3.19. The molecule has 1 saturated heterocycles. The molecule has 0 bridgehead atoms. The van der Waals surface area contributed by atoms with Crippen LogP contribution in [0.15, 0.2) is 72.8 Å². The summed E-state index contributed by atoms with van der Waals surface area (Å²) in [7, 11) is 0. The van der Waals surface area contributed by atoms with Crippen molar-refractivity contribution in [3.63, 3.8) is 0 Å². The number of benzene rings is 3. The highest BCUT2D eigenvalue weighted by molar-refractivity contribution is 5.91. The summed E-state index contributed by atoms with van der Waals surface area (Å²) in [5.74, 6) is 0. The molecule has 0 unspecified atom stereocenters. The lowest BCUT2D eigenvalue weighted by atomic mass is 10.1. The van der Waals surface area contributed by atoms with Crippen LogP contribution in [0.4, 0.5) is 10.5 Å². The minimum atomic E-state index is -0.00177. The Kier molecular flexibility index (Phi) is 11.6. The predicted octanol–water partition coefficient (Wildman–Crippen LogP) is 5.83. The Labute approximate surface area is 241 Å². The number of amides is 2. The van der Waals surface area contributed by atoms with Gasteiger partial charge in [-0.1, -0.05) is 78.4 Å². The Morgan fingerprint density at radius 1 is 0.700 bits per heavy atom. The monoisotopic (exact) mass is 541 g/mol. The van der Waals surface area contributed by atoms with E-state index < -0.39 is 0 Å². The molecule has 6 heteroatoms. The van der Waals surface area contributed by atoms with Crippen LogP contribution >= 0.6 is 0 Å². The minimum Gasteiger partial charge on any atom is -0.323 e. The molecule has 4 rings (SSSR count). The summed E-state index contributed by atoms with van der Waals surface area (Å²) in [6.45, 7) is 15.3. The fraction of sp³-hybridized carbons (Fsp3) is 0.441. The molecule has 2 amide bonds. The van der Waals surface area contributed by atoms with Crippen LogP contribution in [-0.4, -0.2) is 73.1 Å². The van der Waals surface area contributed by atoms with Gasteiger partial charge in [0, 0.05) is 58.0 Å². The van der Waals surface area contributed by atoms with Crippen molar-refractivity contribution in [1.29, 1.82) is 0 Å². The lowest BCUT2D eigenvalue weighted by Crippen LogP contribution is -2.43. The molecule has 1 aliphatic rings. The molecule has 214 valence electrons. The van der Waals surface area contributed by atoms with Crippen LogP contribution in [0, 0.1) is 20.8 Å². The van der Waals surface area contributed by atoms with E-state index in [1.54, 1.807) is 0 Å². The number of aryl methyl sites for hydroxylation is 3. The van der Waals surface area contributed by atoms with Crippen molar-refractivity contribution >= 4 is 11.7 Å². The summed E-state index contributed by atoms with van der Waals surface area (Å²) < 4.78 is 0. The molecule has 0 saturated carbocycles. The number of nitrogens with zero attached hydrogens (tertiary/aromatic N) is 3. The summed E-state index contributed by atoms with van der Waals surface area (Å²) in [6, 6.07) is 25.6. The molecule has 1 aliphatic heterocycles. The van der Waals surface area contributed by atoms with Gasteiger partial charge in [-0.2, -0.15) is 0 Å². The van der Waals surface area contributed by atoms with E-state index in [4.69, 9.17) is 0 Å². The highest BCUT2D eigenvalue weighted by atomic mass is 16.2. The Morgan fingerprint density at radius 2 is 1.27 bits per heavy atom. The van der Waals surface area contributed by atoms with Gasteiger partial charge in [0.15, 0.2) is 0 Å². The van der Waals surface area contributed by atoms with E-state index in [1.807, 2.05) is 4.90 Å². The summed E-state index contributed by atoms with van der Waals surface area (Å²) >= 11 is 0. The average molecular weight is 542 g/mol. The number of carbonyl (C=O) groups excluding carboxylic acids is 1. The molecule has 0 spiro atoms. The van der Waals surface area contributed by atoms with E-state index in [-0.39, 0.29) is 6.03 Å². The summed E-state index contributed by atoms with van der Waals surface area (Å²) in [5.41, 5.74) is 7.03. The van der Waals surface area contributed by atoms with Crippen molar-refractivity contribution in [1.82, 2.24) is 20.0 Å². The van der Waals surface area contributed by atoms with Crippen molar-refractivity contribution in [2.24, 2.45) is 0 Å². The van der Waals surface area contributed by atoms with Gasteiger partial charge in [0.25, 0.3) is 0 Å². The van der Waals surface area contributed by atoms with E-state index in [2.05, 4.69) is 114 Å². The zero-order valence-corrected chi connectivity index (χ0v) is 24.7. The van der Waals surface area contributed by atoms with Crippen LogP contribution < -0.4 is 10.6 Å². The smallest absolute Gasteiger partial charge is 0.321 e. The molecule has 6 nitrogen and oxygen atoms in total. The van der Waals surface area contributed by atoms with E-state index in [0.29, 0.717) is 6.54 Å². The number of hydrogen-bond donors (Lipinski definition) is 2. The van der Waals surface area contributed by atoms with E-state index in [0.717, 1.165) is 88.6 Å². The Balaban J connectivity index is 1.47. The molecule has 0 aliphatic carbocycles. The van der Waals surface area contributed by atoms with Gasteiger partial charge in [0.1, 0.15) is 0 Å². The first-order valence-corrected chi connectivity index (χ1v) is 14.8. The summed E-state index contributed by atoms with van der Waals surface area (Å²) in [4.78, 5) is 20.7. The lowest BCUT2D eigenvalue weighted by molar-refractivity contribution is 0.179. The second-order valence-electron chi connectivity index (χ2n) is 11.2. The number of anilines is 1. The first-order chi connectivity index (χ1) is 19.5. The van der Waals surface area contributed by atoms with E-state index in [9.17, 15) is 4.79 Å². The van der Waals surface area contributed by atoms with Gasteiger partial charge in [-0.25, -0.2) is 4.79 Å². The first kappa shape index (κ1) is 29.8. The normalized spacial score (nSPS) is 16.8. The minimum absolute atomic E-state index is 0.00177. The number of hydrogen-bond acceptors (Lipinski definition) is 4. The maximum Gasteiger partial charge on any atom is 0.321 e. The lowest BCUT2D eigenvalue weighted by Gasteiger charge is -2.30. The largest absolute Gasteiger partial charge is 0.323 e. The molecule has 2 N–H and O–H groups in total. The second-order valence-corrected chi connectivity index (χ2v) is 11.2. The number of rotatable bonds is 5. The molecular formula is C34H47N5O. The van der Waals surface area contributed by atoms with Gasteiger partial charge in [-0.3, -0.25) is 9.80 Å². The van der Waals surface area contributed by atoms with Crippen molar-refractivity contribution in [3.05, 3.63) is 101 Å². The standard InChI is InChI=1S/C34H47N5O/c1-28-24-29(2)33(30(3)25-28)36-34(40)39-20-11-19-37(26-31-12-6-4-7-13-31)21-17-35-16-10-18-38(22-23-39)27-32-14-8-5-9-15-32/h4-9,12-15,24-25,35H,10-11,16-23,26-27H2,1-3H3,(H,36,40). The second kappa shape index (κ2) is 15.6. The summed E-state index contributed by atoms with van der Waals surface area (Å²) in [6.07, 6.45) is 2.02. The van der Waals surface area contributed by atoms with Crippen molar-refractivity contribution in [3.8, 4) is 0 Å². The van der Waals surface area contributed by atoms with Gasteiger partial charge in [0.2, 0.25) is 0 Å². The highest BCUT2D eigenvalue weighted by Crippen LogP contribution is 2.22. The third-order valence-electron chi connectivity index (χ3n) is 7.72. The molecule has 40 heavy (non-hydrogen) atoms. The van der Waals surface area contributed by atoms with Crippen LogP contribution in [0.2, 0.25) is 0 Å². The summed E-state index contributed by atoms with van der Waals surface area (Å²) in [5, 5.41) is 6.94.